The second kappa shape index (κ2) is 15.2. The number of carbonyl (C=O) groups excluding carboxylic acids is 2. The van der Waals surface area contributed by atoms with Gasteiger partial charge in [0.05, 0.1) is 40.0 Å². The Balaban J connectivity index is 0.997. The molecule has 3 aliphatic heterocycles. The monoisotopic (exact) mass is 763 g/mol. The van der Waals surface area contributed by atoms with Crippen LogP contribution in [-0.4, -0.2) is 87.4 Å². The normalized spacial score (nSPS) is 19.6. The number of imide groups is 1. The van der Waals surface area contributed by atoms with Gasteiger partial charge in [0.15, 0.2) is 5.75 Å². The summed E-state index contributed by atoms with van der Waals surface area (Å²) >= 11 is 0. The van der Waals surface area contributed by atoms with Gasteiger partial charge in [-0.2, -0.15) is 18.3 Å². The number of anilines is 1. The highest BCUT2D eigenvalue weighted by Gasteiger charge is 2.34. The fourth-order valence-corrected chi connectivity index (χ4v) is 9.29. The molecule has 1 unspecified atom stereocenters. The van der Waals surface area contributed by atoms with E-state index in [1.54, 1.807) is 23.7 Å². The average Bonchev–Trinajstić information content (AvgIpc) is 3.41. The molecule has 15 nitrogen and oxygen atoms in total. The lowest BCUT2D eigenvalue weighted by Crippen LogP contribution is -2.44. The molecule has 1 atom stereocenters. The summed E-state index contributed by atoms with van der Waals surface area (Å²) in [6.07, 6.45) is 5.17. The molecule has 0 saturated carbocycles. The summed E-state index contributed by atoms with van der Waals surface area (Å²) in [6, 6.07) is 11.7. The van der Waals surface area contributed by atoms with Crippen molar-refractivity contribution in [2.45, 2.75) is 74.6 Å². The van der Waals surface area contributed by atoms with E-state index >= 15 is 0 Å². The Kier molecular flexibility index (Phi) is 10.5. The van der Waals surface area contributed by atoms with E-state index in [4.69, 9.17) is 0 Å². The summed E-state index contributed by atoms with van der Waals surface area (Å²) in [5.74, 6) is -0.633. The lowest BCUT2D eigenvalue weighted by atomic mass is 9.88. The summed E-state index contributed by atoms with van der Waals surface area (Å²) in [7, 11) is -2.17. The van der Waals surface area contributed by atoms with Gasteiger partial charge in [0, 0.05) is 39.1 Å². The van der Waals surface area contributed by atoms with Gasteiger partial charge >= 0.3 is 12.3 Å². The Morgan fingerprint density at radius 1 is 1.02 bits per heavy atom. The summed E-state index contributed by atoms with van der Waals surface area (Å²) in [4.78, 5) is 48.2. The minimum atomic E-state index is -3.86. The van der Waals surface area contributed by atoms with Crippen molar-refractivity contribution in [2.24, 2.45) is 7.05 Å². The number of para-hydroxylation sites is 1. The fraction of sp³-hybridized carbons (Fsp3) is 0.444. The van der Waals surface area contributed by atoms with Gasteiger partial charge in [-0.15, -0.1) is 0 Å². The predicted molar refractivity (Wildman–Crippen MR) is 191 cm³/mol. The summed E-state index contributed by atoms with van der Waals surface area (Å²) in [5, 5.41) is 15.4. The molecule has 7 rings (SSSR count). The minimum absolute atomic E-state index is 0.115. The quantitative estimate of drug-likeness (QED) is 0.226. The number of rotatable bonds is 10. The molecule has 54 heavy (non-hydrogen) atoms. The van der Waals surface area contributed by atoms with Crippen LogP contribution >= 0.6 is 0 Å². The van der Waals surface area contributed by atoms with Gasteiger partial charge in [0.25, 0.3) is 0 Å². The lowest BCUT2D eigenvalue weighted by Gasteiger charge is -2.33. The summed E-state index contributed by atoms with van der Waals surface area (Å²) in [6.45, 7) is -0.754. The molecule has 284 valence electrons. The maximum Gasteiger partial charge on any atom is 0.387 e. The van der Waals surface area contributed by atoms with Gasteiger partial charge in [-0.05, 0) is 86.5 Å². The minimum Gasteiger partial charge on any atom is -0.432 e. The van der Waals surface area contributed by atoms with Crippen LogP contribution in [0.3, 0.4) is 0 Å². The van der Waals surface area contributed by atoms with Crippen LogP contribution < -0.4 is 21.1 Å². The number of hydrogen-bond acceptors (Lipinski definition) is 11. The lowest BCUT2D eigenvalue weighted by molar-refractivity contribution is -0.135. The van der Waals surface area contributed by atoms with E-state index in [2.05, 4.69) is 36.3 Å². The van der Waals surface area contributed by atoms with Crippen molar-refractivity contribution in [2.75, 3.05) is 31.5 Å². The second-order valence-corrected chi connectivity index (χ2v) is 15.8. The van der Waals surface area contributed by atoms with Crippen molar-refractivity contribution < 1.29 is 31.5 Å². The van der Waals surface area contributed by atoms with Crippen molar-refractivity contribution in [1.29, 1.82) is 5.26 Å². The van der Waals surface area contributed by atoms with Crippen molar-refractivity contribution in [3.63, 3.8) is 0 Å². The van der Waals surface area contributed by atoms with E-state index in [1.165, 1.54) is 14.9 Å². The molecule has 2 N–H and O–H groups in total. The molecular weight excluding hydrogens is 725 g/mol. The molecule has 3 fully saturated rings. The number of nitriles is 1. The van der Waals surface area contributed by atoms with Crippen molar-refractivity contribution in [1.82, 2.24) is 33.6 Å². The third kappa shape index (κ3) is 7.43. The number of carbonyl (C=O) groups is 2. The molecule has 0 spiro atoms. The van der Waals surface area contributed by atoms with E-state index in [0.717, 1.165) is 36.3 Å². The van der Waals surface area contributed by atoms with Gasteiger partial charge in [-0.3, -0.25) is 28.9 Å². The molecule has 3 aliphatic rings. The fourth-order valence-electron chi connectivity index (χ4n) is 7.77. The maximum atomic E-state index is 13.8. The number of fused-ring (bicyclic) bond motifs is 1. The first-order valence-corrected chi connectivity index (χ1v) is 19.2. The number of imidazole rings is 1. The zero-order valence-electron chi connectivity index (χ0n) is 29.5. The Morgan fingerprint density at radius 3 is 2.41 bits per heavy atom. The summed E-state index contributed by atoms with van der Waals surface area (Å²) < 4.78 is 61.1. The van der Waals surface area contributed by atoms with Crippen LogP contribution in [-0.2, 0) is 33.2 Å². The number of alkyl halides is 2. The van der Waals surface area contributed by atoms with Gasteiger partial charge < -0.3 is 10.1 Å². The molecule has 2 amide bonds. The number of ether oxygens (including phenoxy) is 1. The number of nitrogens with zero attached hydrogens (tertiary/aromatic N) is 7. The van der Waals surface area contributed by atoms with Crippen LogP contribution in [0.1, 0.15) is 67.2 Å². The number of piperidine rings is 3. The Labute approximate surface area is 309 Å². The first-order chi connectivity index (χ1) is 25.9. The number of hydrogen-bond donors (Lipinski definition) is 2. The number of nitrogens with one attached hydrogen (secondary N) is 2. The van der Waals surface area contributed by atoms with Crippen LogP contribution in [0, 0.1) is 11.3 Å². The third-order valence-corrected chi connectivity index (χ3v) is 12.4. The smallest absolute Gasteiger partial charge is 0.387 e. The Hall–Kier alpha value is -5.25. The van der Waals surface area contributed by atoms with Gasteiger partial charge in [-0.1, -0.05) is 12.1 Å². The number of sulfonamides is 1. The average molecular weight is 764 g/mol. The standard InChI is InChI=1S/C36H39F2N9O6S/c1-44-32-28(3-2-4-29(32)47(36(44)50)30-7-8-31(48)43-33(30)49)22-9-13-45(14-10-22)21-24-17-27(6-5-23(24)18-39)54(51,52)46-15-11-25(12-16-46)42-35-40-19-26(20-41-35)53-34(37)38/h2-6,17,19-20,22,25,30,34H,7-16,21H2,1H3,(H,40,41,42)(H,43,48,49). The molecule has 0 bridgehead atoms. The Morgan fingerprint density at radius 2 is 1.74 bits per heavy atom. The van der Waals surface area contributed by atoms with Crippen LogP contribution in [0.5, 0.6) is 5.75 Å². The van der Waals surface area contributed by atoms with Crippen LogP contribution in [0.2, 0.25) is 0 Å². The molecule has 4 aromatic rings. The number of aromatic nitrogens is 4. The first-order valence-electron chi connectivity index (χ1n) is 17.8. The molecular formula is C36H39F2N9O6S. The first kappa shape index (κ1) is 37.1. The molecule has 2 aromatic heterocycles. The van der Waals surface area contributed by atoms with Gasteiger partial charge in [-0.25, -0.2) is 23.2 Å². The van der Waals surface area contributed by atoms with Gasteiger partial charge in [0.1, 0.15) is 6.04 Å². The van der Waals surface area contributed by atoms with Crippen LogP contribution in [0.4, 0.5) is 14.7 Å². The highest BCUT2D eigenvalue weighted by molar-refractivity contribution is 7.89. The van der Waals surface area contributed by atoms with Crippen molar-refractivity contribution >= 4 is 38.8 Å². The van der Waals surface area contributed by atoms with E-state index in [9.17, 15) is 36.8 Å². The molecule has 18 heteroatoms. The predicted octanol–water partition coefficient (Wildman–Crippen LogP) is 3.23. The van der Waals surface area contributed by atoms with Gasteiger partial charge in [0.2, 0.25) is 27.8 Å². The highest BCUT2D eigenvalue weighted by atomic mass is 32.2. The summed E-state index contributed by atoms with van der Waals surface area (Å²) in [5.41, 5.74) is 3.13. The van der Waals surface area contributed by atoms with Crippen LogP contribution in [0.15, 0.2) is 58.5 Å². The zero-order valence-corrected chi connectivity index (χ0v) is 30.3. The highest BCUT2D eigenvalue weighted by Crippen LogP contribution is 2.35. The largest absolute Gasteiger partial charge is 0.432 e. The number of aryl methyl sites for hydroxylation is 1. The molecule has 3 saturated heterocycles. The molecule has 5 heterocycles. The topological polar surface area (TPSA) is 185 Å². The SMILES string of the molecule is Cn1c(=O)n(C2CCC(=O)NC2=O)c2cccc(C3CCN(Cc4cc(S(=O)(=O)N5CCC(Nc6ncc(OC(F)F)cn6)CC5)ccc4C#N)CC3)c21. The van der Waals surface area contributed by atoms with E-state index in [1.807, 2.05) is 18.2 Å². The Bertz CT molecular complexity index is 2270. The molecule has 2 aromatic carbocycles. The molecule has 0 radical (unpaired) electrons. The number of benzene rings is 2. The number of amides is 2. The van der Waals surface area contributed by atoms with Crippen molar-refractivity contribution in [3.8, 4) is 11.8 Å². The van der Waals surface area contributed by atoms with E-state index in [0.29, 0.717) is 49.1 Å². The maximum absolute atomic E-state index is 13.8. The van der Waals surface area contributed by atoms with Crippen LogP contribution in [0.25, 0.3) is 11.0 Å². The van der Waals surface area contributed by atoms with Crippen molar-refractivity contribution in [3.05, 3.63) is 76.0 Å². The number of halogens is 2. The van der Waals surface area contributed by atoms with E-state index in [-0.39, 0.29) is 66.1 Å². The third-order valence-electron chi connectivity index (χ3n) is 10.6. The second-order valence-electron chi connectivity index (χ2n) is 13.8. The zero-order chi connectivity index (χ0) is 38.1. The number of likely N-dealkylation sites (tertiary alicyclic amines) is 1. The van der Waals surface area contributed by atoms with E-state index < -0.39 is 28.6 Å². The molecule has 0 aliphatic carbocycles.